The fourth-order valence-electron chi connectivity index (χ4n) is 5.89. The lowest BCUT2D eigenvalue weighted by Crippen LogP contribution is -2.44. The molecule has 2 N–H and O–H groups in total. The van der Waals surface area contributed by atoms with Gasteiger partial charge in [0.05, 0.1) is 58.5 Å². The molecule has 6 rings (SSSR count). The van der Waals surface area contributed by atoms with Crippen LogP contribution >= 0.6 is 11.6 Å². The highest BCUT2D eigenvalue weighted by molar-refractivity contribution is 6.30. The van der Waals surface area contributed by atoms with E-state index in [1.54, 1.807) is 36.0 Å². The van der Waals surface area contributed by atoms with Gasteiger partial charge >= 0.3 is 5.69 Å². The predicted octanol–water partition coefficient (Wildman–Crippen LogP) is 3.90. The van der Waals surface area contributed by atoms with Crippen molar-refractivity contribution in [1.82, 2.24) is 29.7 Å². The van der Waals surface area contributed by atoms with E-state index >= 15 is 0 Å². The van der Waals surface area contributed by atoms with Gasteiger partial charge in [-0.15, -0.1) is 0 Å². The number of benzene rings is 1. The molecular weight excluding hydrogens is 556 g/mol. The zero-order chi connectivity index (χ0) is 29.1. The number of ether oxygens (including phenoxy) is 2. The van der Waals surface area contributed by atoms with Crippen LogP contribution < -0.4 is 21.1 Å². The minimum atomic E-state index is -0.144. The van der Waals surface area contributed by atoms with Gasteiger partial charge in [-0.05, 0) is 62.8 Å². The fourth-order valence-corrected chi connectivity index (χ4v) is 6.04. The van der Waals surface area contributed by atoms with Crippen LogP contribution in [0.3, 0.4) is 0 Å². The van der Waals surface area contributed by atoms with Gasteiger partial charge in [0, 0.05) is 31.4 Å². The van der Waals surface area contributed by atoms with Crippen molar-refractivity contribution in [2.75, 3.05) is 26.4 Å². The summed E-state index contributed by atoms with van der Waals surface area (Å²) in [5.74, 6) is 0.694. The molecule has 0 bridgehead atoms. The molecular formula is C31H35ClN6O4. The number of imidazole rings is 1. The second kappa shape index (κ2) is 12.6. The summed E-state index contributed by atoms with van der Waals surface area (Å²) in [6.07, 6.45) is 6.76. The van der Waals surface area contributed by atoms with Crippen LogP contribution in [-0.4, -0.2) is 63.5 Å². The molecule has 1 saturated heterocycles. The molecule has 42 heavy (non-hydrogen) atoms. The van der Waals surface area contributed by atoms with Crippen molar-refractivity contribution in [3.05, 3.63) is 81.6 Å². The Morgan fingerprint density at radius 2 is 1.93 bits per heavy atom. The highest BCUT2D eigenvalue weighted by Crippen LogP contribution is 2.28. The maximum Gasteiger partial charge on any atom is 0.333 e. The Hall–Kier alpha value is -3.73. The summed E-state index contributed by atoms with van der Waals surface area (Å²) in [5, 5.41) is 6.96. The molecule has 0 spiro atoms. The predicted molar refractivity (Wildman–Crippen MR) is 161 cm³/mol. The lowest BCUT2D eigenvalue weighted by molar-refractivity contribution is 0.0585. The average molecular weight is 591 g/mol. The maximum atomic E-state index is 13.8. The third-order valence-corrected chi connectivity index (χ3v) is 8.37. The number of amides is 1. The van der Waals surface area contributed by atoms with Gasteiger partial charge in [0.25, 0.3) is 5.91 Å². The molecule has 0 unspecified atom stereocenters. The summed E-state index contributed by atoms with van der Waals surface area (Å²) in [6, 6.07) is 13.4. The number of carbonyl (C=O) groups excluding carboxylic acids is 1. The van der Waals surface area contributed by atoms with E-state index < -0.39 is 0 Å². The van der Waals surface area contributed by atoms with Crippen LogP contribution in [0.5, 0.6) is 5.88 Å². The monoisotopic (exact) mass is 590 g/mol. The number of hydrogen-bond acceptors (Lipinski definition) is 7. The lowest BCUT2D eigenvalue weighted by Gasteiger charge is -2.29. The Labute approximate surface area is 249 Å². The number of morpholine rings is 1. The van der Waals surface area contributed by atoms with E-state index in [1.165, 1.54) is 0 Å². The number of aryl methyl sites for hydroxylation is 1. The summed E-state index contributed by atoms with van der Waals surface area (Å²) < 4.78 is 14.9. The summed E-state index contributed by atoms with van der Waals surface area (Å²) in [4.78, 5) is 35.3. The van der Waals surface area contributed by atoms with E-state index in [2.05, 4.69) is 20.6 Å². The SMILES string of the molecule is Cc1ncc(Cl)cc1C(=O)NC1CCC(Cn2c(=O)n(-c3ccc(OC[C@@H]4COCCN4)nc3)c3ccccc32)CC1. The van der Waals surface area contributed by atoms with E-state index in [1.807, 2.05) is 34.9 Å². The molecule has 2 aliphatic rings. The third kappa shape index (κ3) is 6.21. The van der Waals surface area contributed by atoms with Gasteiger partial charge < -0.3 is 20.1 Å². The van der Waals surface area contributed by atoms with Crippen molar-refractivity contribution in [3.63, 3.8) is 0 Å². The Morgan fingerprint density at radius 1 is 1.12 bits per heavy atom. The molecule has 0 radical (unpaired) electrons. The molecule has 1 amide bonds. The number of nitrogens with zero attached hydrogens (tertiary/aromatic N) is 4. The zero-order valence-electron chi connectivity index (χ0n) is 23.6. The Balaban J connectivity index is 1.12. The van der Waals surface area contributed by atoms with Crippen molar-refractivity contribution >= 4 is 28.5 Å². The molecule has 1 atom stereocenters. The Bertz CT molecular complexity index is 1600. The lowest BCUT2D eigenvalue weighted by atomic mass is 9.85. The number of para-hydroxylation sites is 2. The Kier molecular flexibility index (Phi) is 8.55. The standard InChI is InChI=1S/C31H35ClN6O4/c1-20-26(14-22(32)15-34-20)30(39)36-23-8-6-21(7-9-23)17-37-27-4-2-3-5-28(27)38(31(37)40)25-10-11-29(35-16-25)42-19-24-18-41-13-12-33-24/h2-5,10-11,14-16,21,23-24,33H,6-9,12-13,17-19H2,1H3,(H,36,39)/t21?,23?,24-/m0/s1. The van der Waals surface area contributed by atoms with Crippen molar-refractivity contribution in [2.45, 2.75) is 51.2 Å². The van der Waals surface area contributed by atoms with E-state index in [-0.39, 0.29) is 23.7 Å². The number of hydrogen-bond donors (Lipinski definition) is 2. The second-order valence-electron chi connectivity index (χ2n) is 11.1. The number of carbonyl (C=O) groups is 1. The summed E-state index contributed by atoms with van der Waals surface area (Å²) in [5.41, 5.74) is 3.51. The molecule has 1 aromatic carbocycles. The Morgan fingerprint density at radius 3 is 2.67 bits per heavy atom. The molecule has 10 nitrogen and oxygen atoms in total. The van der Waals surface area contributed by atoms with E-state index in [0.717, 1.165) is 43.3 Å². The molecule has 3 aromatic heterocycles. The van der Waals surface area contributed by atoms with Gasteiger partial charge in [0.2, 0.25) is 5.88 Å². The highest BCUT2D eigenvalue weighted by Gasteiger charge is 2.26. The van der Waals surface area contributed by atoms with Crippen LogP contribution in [0.2, 0.25) is 5.02 Å². The topological polar surface area (TPSA) is 112 Å². The number of rotatable bonds is 8. The van der Waals surface area contributed by atoms with Crippen molar-refractivity contribution in [1.29, 1.82) is 0 Å². The third-order valence-electron chi connectivity index (χ3n) is 8.17. The van der Waals surface area contributed by atoms with Crippen LogP contribution in [0.4, 0.5) is 0 Å². The molecule has 11 heteroatoms. The minimum absolute atomic E-state index is 0.0819. The molecule has 220 valence electrons. The van der Waals surface area contributed by atoms with Gasteiger partial charge in [-0.2, -0.15) is 0 Å². The maximum absolute atomic E-state index is 13.8. The van der Waals surface area contributed by atoms with Crippen LogP contribution in [0.1, 0.15) is 41.7 Å². The number of halogens is 1. The first-order valence-corrected chi connectivity index (χ1v) is 14.9. The molecule has 4 heterocycles. The smallest absolute Gasteiger partial charge is 0.333 e. The first kappa shape index (κ1) is 28.4. The van der Waals surface area contributed by atoms with Crippen LogP contribution in [0.25, 0.3) is 16.7 Å². The zero-order valence-corrected chi connectivity index (χ0v) is 24.3. The second-order valence-corrected chi connectivity index (χ2v) is 11.5. The molecule has 4 aromatic rings. The highest BCUT2D eigenvalue weighted by atomic mass is 35.5. The number of fused-ring (bicyclic) bond motifs is 1. The molecule has 1 aliphatic carbocycles. The van der Waals surface area contributed by atoms with Crippen LogP contribution in [0, 0.1) is 12.8 Å². The minimum Gasteiger partial charge on any atom is -0.476 e. The molecule has 1 saturated carbocycles. The first-order valence-electron chi connectivity index (χ1n) is 14.5. The first-order chi connectivity index (χ1) is 20.5. The fraction of sp³-hybridized carbons (Fsp3) is 0.419. The van der Waals surface area contributed by atoms with Gasteiger partial charge in [0.1, 0.15) is 6.61 Å². The largest absolute Gasteiger partial charge is 0.476 e. The quantitative estimate of drug-likeness (QED) is 0.320. The molecule has 1 aliphatic heterocycles. The van der Waals surface area contributed by atoms with E-state index in [9.17, 15) is 9.59 Å². The van der Waals surface area contributed by atoms with E-state index in [0.29, 0.717) is 60.1 Å². The van der Waals surface area contributed by atoms with E-state index in [4.69, 9.17) is 21.1 Å². The van der Waals surface area contributed by atoms with Gasteiger partial charge in [-0.1, -0.05) is 23.7 Å². The van der Waals surface area contributed by atoms with Crippen molar-refractivity contribution < 1.29 is 14.3 Å². The van der Waals surface area contributed by atoms with Gasteiger partial charge in [-0.25, -0.2) is 9.78 Å². The van der Waals surface area contributed by atoms with Gasteiger partial charge in [0.15, 0.2) is 0 Å². The van der Waals surface area contributed by atoms with Crippen molar-refractivity contribution in [2.24, 2.45) is 5.92 Å². The van der Waals surface area contributed by atoms with Crippen LogP contribution in [0.15, 0.2) is 59.7 Å². The summed E-state index contributed by atoms with van der Waals surface area (Å²) >= 11 is 6.05. The van der Waals surface area contributed by atoms with Crippen molar-refractivity contribution in [3.8, 4) is 11.6 Å². The van der Waals surface area contributed by atoms with Gasteiger partial charge in [-0.3, -0.25) is 18.9 Å². The molecule has 2 fully saturated rings. The number of nitrogens with one attached hydrogen (secondary N) is 2. The average Bonchev–Trinajstić information content (AvgIpc) is 3.29. The number of pyridine rings is 2. The van der Waals surface area contributed by atoms with Crippen LogP contribution in [-0.2, 0) is 11.3 Å². The summed E-state index contributed by atoms with van der Waals surface area (Å²) in [7, 11) is 0. The summed E-state index contributed by atoms with van der Waals surface area (Å²) in [6.45, 7) is 5.04. The normalized spacial score (nSPS) is 20.9. The number of aromatic nitrogens is 4.